The SMILES string of the molecule is C1=CC2C3=C(CCC=C3)N(CCCC3=NC(CCCN4C5=C(CCCC5)C5C=CC=CC54)=CC(C4C=CCCC4)C3)C2C=C1. The second-order valence-corrected chi connectivity index (χ2v) is 14.4. The lowest BCUT2D eigenvalue weighted by molar-refractivity contribution is 0.283. The molecule has 3 heteroatoms. The molecule has 0 fully saturated rings. The van der Waals surface area contributed by atoms with Crippen molar-refractivity contribution in [1.29, 1.82) is 0 Å². The first-order valence-corrected chi connectivity index (χ1v) is 18.1. The maximum absolute atomic E-state index is 5.41. The fourth-order valence-corrected chi connectivity index (χ4v) is 9.72. The van der Waals surface area contributed by atoms with Gasteiger partial charge in [-0.15, -0.1) is 0 Å². The van der Waals surface area contributed by atoms with Gasteiger partial charge in [-0.1, -0.05) is 79.0 Å². The average Bonchev–Trinajstić information content (AvgIpc) is 3.58. The van der Waals surface area contributed by atoms with Crippen LogP contribution in [0, 0.1) is 23.7 Å². The Hall–Kier alpha value is -3.07. The highest BCUT2D eigenvalue weighted by Gasteiger charge is 2.39. The van der Waals surface area contributed by atoms with Crippen molar-refractivity contribution in [2.75, 3.05) is 13.1 Å². The first kappa shape index (κ1) is 28.4. The highest BCUT2D eigenvalue weighted by atomic mass is 15.2. The molecule has 0 aromatic rings. The molecule has 8 aliphatic rings. The van der Waals surface area contributed by atoms with Crippen LogP contribution >= 0.6 is 0 Å². The zero-order chi connectivity index (χ0) is 29.3. The Morgan fingerprint density at radius 3 is 2.32 bits per heavy atom. The molecule has 3 heterocycles. The molecule has 6 atom stereocenters. The highest BCUT2D eigenvalue weighted by Crippen LogP contribution is 2.45. The molecule has 6 unspecified atom stereocenters. The number of fused-ring (bicyclic) bond motifs is 4. The molecule has 8 rings (SSSR count). The highest BCUT2D eigenvalue weighted by molar-refractivity contribution is 5.86. The zero-order valence-electron chi connectivity index (χ0n) is 26.6. The first-order valence-electron chi connectivity index (χ1n) is 18.1. The second-order valence-electron chi connectivity index (χ2n) is 14.4. The standard InChI is InChI=1S/C41H51N3/c1-2-14-30(15-3-1)31-28-32(16-12-26-43-38-22-8-4-18-34(38)35-19-5-9-23-39(35)43)42-33(29-31)17-13-27-44-40-24-10-6-20-36(40)37-21-7-11-25-41(37)44/h2,4-6,8,10,14,18-20,22,24,29-31,34,36,38,40H,1,3,7,9,11-13,15-17,21,23,25-28H2. The van der Waals surface area contributed by atoms with E-state index in [0.29, 0.717) is 35.8 Å². The van der Waals surface area contributed by atoms with Crippen molar-refractivity contribution in [3.63, 3.8) is 0 Å². The largest absolute Gasteiger partial charge is 0.367 e. The summed E-state index contributed by atoms with van der Waals surface area (Å²) < 4.78 is 0. The van der Waals surface area contributed by atoms with Crippen LogP contribution < -0.4 is 0 Å². The van der Waals surface area contributed by atoms with Gasteiger partial charge in [-0.3, -0.25) is 4.99 Å². The molecule has 0 amide bonds. The summed E-state index contributed by atoms with van der Waals surface area (Å²) in [7, 11) is 0. The van der Waals surface area contributed by atoms with Crippen LogP contribution in [0.25, 0.3) is 0 Å². The fourth-order valence-electron chi connectivity index (χ4n) is 9.72. The van der Waals surface area contributed by atoms with E-state index in [0.717, 1.165) is 25.8 Å². The predicted molar refractivity (Wildman–Crippen MR) is 184 cm³/mol. The van der Waals surface area contributed by atoms with Crippen molar-refractivity contribution in [2.24, 2.45) is 28.7 Å². The van der Waals surface area contributed by atoms with Crippen LogP contribution in [0.4, 0.5) is 0 Å². The van der Waals surface area contributed by atoms with Gasteiger partial charge < -0.3 is 9.80 Å². The third kappa shape index (κ3) is 5.50. The molecular weight excluding hydrogens is 534 g/mol. The minimum atomic E-state index is 0.510. The van der Waals surface area contributed by atoms with Gasteiger partial charge in [0.15, 0.2) is 0 Å². The maximum Gasteiger partial charge on any atom is 0.0577 e. The van der Waals surface area contributed by atoms with Crippen molar-refractivity contribution in [2.45, 2.75) is 102 Å². The van der Waals surface area contributed by atoms with Gasteiger partial charge >= 0.3 is 0 Å². The van der Waals surface area contributed by atoms with Crippen molar-refractivity contribution in [3.8, 4) is 0 Å². The quantitative estimate of drug-likeness (QED) is 0.251. The Morgan fingerprint density at radius 1 is 0.682 bits per heavy atom. The lowest BCUT2D eigenvalue weighted by atomic mass is 9.79. The summed E-state index contributed by atoms with van der Waals surface area (Å²) in [5.41, 5.74) is 9.48. The molecule has 0 aromatic carbocycles. The molecule has 0 saturated heterocycles. The minimum Gasteiger partial charge on any atom is -0.367 e. The lowest BCUT2D eigenvalue weighted by Gasteiger charge is -2.32. The van der Waals surface area contributed by atoms with Crippen molar-refractivity contribution in [1.82, 2.24) is 9.80 Å². The van der Waals surface area contributed by atoms with Crippen molar-refractivity contribution in [3.05, 3.63) is 107 Å². The Bertz CT molecular complexity index is 1420. The Labute approximate surface area is 265 Å². The van der Waals surface area contributed by atoms with E-state index in [1.165, 1.54) is 88.6 Å². The Morgan fingerprint density at radius 2 is 1.45 bits per heavy atom. The van der Waals surface area contributed by atoms with Gasteiger partial charge in [-0.2, -0.15) is 0 Å². The van der Waals surface area contributed by atoms with E-state index in [4.69, 9.17) is 4.99 Å². The number of rotatable bonds is 9. The lowest BCUT2D eigenvalue weighted by Crippen LogP contribution is -2.34. The number of nitrogens with zero attached hydrogens (tertiary/aromatic N) is 3. The molecule has 0 bridgehead atoms. The van der Waals surface area contributed by atoms with Gasteiger partial charge in [0.1, 0.15) is 0 Å². The van der Waals surface area contributed by atoms with Crippen LogP contribution in [0.2, 0.25) is 0 Å². The minimum absolute atomic E-state index is 0.510. The van der Waals surface area contributed by atoms with Crippen LogP contribution in [0.1, 0.15) is 89.9 Å². The van der Waals surface area contributed by atoms with Gasteiger partial charge in [0, 0.05) is 47.7 Å². The summed E-state index contributed by atoms with van der Waals surface area (Å²) in [6, 6.07) is 1.06. The predicted octanol–water partition coefficient (Wildman–Crippen LogP) is 9.53. The van der Waals surface area contributed by atoms with E-state index in [2.05, 4.69) is 88.8 Å². The van der Waals surface area contributed by atoms with E-state index >= 15 is 0 Å². The third-order valence-electron chi connectivity index (χ3n) is 11.8. The van der Waals surface area contributed by atoms with Crippen LogP contribution in [-0.4, -0.2) is 40.7 Å². The molecule has 5 aliphatic carbocycles. The third-order valence-corrected chi connectivity index (χ3v) is 11.8. The molecule has 0 saturated carbocycles. The summed E-state index contributed by atoms with van der Waals surface area (Å²) in [4.78, 5) is 10.9. The monoisotopic (exact) mass is 585 g/mol. The van der Waals surface area contributed by atoms with Gasteiger partial charge in [-0.05, 0) is 113 Å². The number of hydrogen-bond acceptors (Lipinski definition) is 3. The van der Waals surface area contributed by atoms with E-state index in [-0.39, 0.29) is 0 Å². The fraction of sp³-hybridized carbons (Fsp3) is 0.537. The molecule has 44 heavy (non-hydrogen) atoms. The van der Waals surface area contributed by atoms with Gasteiger partial charge in [0.2, 0.25) is 0 Å². The number of allylic oxidation sites excluding steroid dienone is 12. The summed E-state index contributed by atoms with van der Waals surface area (Å²) in [5, 5.41) is 0. The summed E-state index contributed by atoms with van der Waals surface area (Å²) in [5.74, 6) is 2.49. The summed E-state index contributed by atoms with van der Waals surface area (Å²) >= 11 is 0. The van der Waals surface area contributed by atoms with E-state index in [9.17, 15) is 0 Å². The van der Waals surface area contributed by atoms with E-state index < -0.39 is 0 Å². The van der Waals surface area contributed by atoms with Crippen LogP contribution in [0.15, 0.2) is 112 Å². The van der Waals surface area contributed by atoms with Crippen LogP contribution in [-0.2, 0) is 0 Å². The van der Waals surface area contributed by atoms with Gasteiger partial charge in [0.05, 0.1) is 12.1 Å². The van der Waals surface area contributed by atoms with E-state index in [1.807, 2.05) is 0 Å². The topological polar surface area (TPSA) is 18.8 Å². The van der Waals surface area contributed by atoms with Crippen molar-refractivity contribution < 1.29 is 0 Å². The number of aliphatic imine (C=N–C) groups is 1. The smallest absolute Gasteiger partial charge is 0.0577 e. The molecule has 0 N–H and O–H groups in total. The van der Waals surface area contributed by atoms with E-state index in [1.54, 1.807) is 22.5 Å². The molecule has 0 spiro atoms. The van der Waals surface area contributed by atoms with Gasteiger partial charge in [0.25, 0.3) is 0 Å². The maximum atomic E-state index is 5.41. The first-order chi connectivity index (χ1) is 21.8. The molecule has 3 aliphatic heterocycles. The summed E-state index contributed by atoms with van der Waals surface area (Å²) in [6.45, 7) is 2.31. The Kier molecular flexibility index (Phi) is 8.22. The molecule has 3 nitrogen and oxygen atoms in total. The second kappa shape index (κ2) is 12.7. The summed E-state index contributed by atoms with van der Waals surface area (Å²) in [6.07, 6.45) is 48.7. The normalized spacial score (nSPS) is 33.5. The van der Waals surface area contributed by atoms with Crippen LogP contribution in [0.5, 0.6) is 0 Å². The van der Waals surface area contributed by atoms with Gasteiger partial charge in [-0.25, -0.2) is 0 Å². The number of hydrogen-bond donors (Lipinski definition) is 0. The van der Waals surface area contributed by atoms with Crippen molar-refractivity contribution >= 4 is 5.71 Å². The molecule has 0 radical (unpaired) electrons. The Balaban J connectivity index is 0.938. The van der Waals surface area contributed by atoms with Crippen LogP contribution in [0.3, 0.4) is 0 Å². The average molecular weight is 586 g/mol. The zero-order valence-corrected chi connectivity index (χ0v) is 26.6. The molecule has 230 valence electrons. The molecule has 0 aromatic heterocycles. The molecular formula is C41H51N3.